The fourth-order valence-electron chi connectivity index (χ4n) is 3.43. The zero-order chi connectivity index (χ0) is 19.3. The van der Waals surface area contributed by atoms with Crippen LogP contribution >= 0.6 is 0 Å². The molecule has 0 aromatic rings. The third kappa shape index (κ3) is 18.3. The Kier molecular flexibility index (Phi) is 20.4. The highest BCUT2D eigenvalue weighted by Crippen LogP contribution is 2.18. The van der Waals surface area contributed by atoms with Crippen LogP contribution in [0.5, 0.6) is 0 Å². The monoisotopic (exact) mass is 367 g/mol. The van der Waals surface area contributed by atoms with Gasteiger partial charge in [0.05, 0.1) is 0 Å². The zero-order valence-electron chi connectivity index (χ0n) is 18.0. The Hall–Kier alpha value is -0.530. The fraction of sp³-hybridized carbons (Fsp3) is 0.917. The van der Waals surface area contributed by atoms with E-state index in [1.165, 1.54) is 77.0 Å². The average molecular weight is 368 g/mol. The van der Waals surface area contributed by atoms with Gasteiger partial charge in [-0.15, -0.1) is 0 Å². The minimum absolute atomic E-state index is 0.0241. The predicted molar refractivity (Wildman–Crippen MR) is 114 cm³/mol. The number of unbranched alkanes of at least 4 members (excludes halogenated alkanes) is 13. The molecule has 0 aliphatic carbocycles. The van der Waals surface area contributed by atoms with E-state index in [0.29, 0.717) is 6.42 Å². The molecule has 155 valence electrons. The molecule has 0 fully saturated rings. The molecular formula is C24H47O2. The second kappa shape index (κ2) is 20.8. The van der Waals surface area contributed by atoms with Crippen LogP contribution in [-0.4, -0.2) is 12.1 Å². The van der Waals surface area contributed by atoms with Crippen molar-refractivity contribution >= 4 is 5.97 Å². The van der Waals surface area contributed by atoms with Crippen LogP contribution in [-0.2, 0) is 9.53 Å². The quantitative estimate of drug-likeness (QED) is 0.160. The summed E-state index contributed by atoms with van der Waals surface area (Å²) >= 11 is 0. The first-order valence-corrected chi connectivity index (χ1v) is 11.7. The van der Waals surface area contributed by atoms with Crippen molar-refractivity contribution in [2.75, 3.05) is 0 Å². The summed E-state index contributed by atoms with van der Waals surface area (Å²) in [5.41, 5.74) is 0. The summed E-state index contributed by atoms with van der Waals surface area (Å²) in [7, 11) is 0. The van der Waals surface area contributed by atoms with E-state index in [9.17, 15) is 4.79 Å². The molecule has 0 aromatic heterocycles. The average Bonchev–Trinajstić information content (AvgIpc) is 2.64. The van der Waals surface area contributed by atoms with E-state index in [1.807, 2.05) is 0 Å². The van der Waals surface area contributed by atoms with Gasteiger partial charge < -0.3 is 4.74 Å². The molecule has 0 bridgehead atoms. The van der Waals surface area contributed by atoms with Crippen LogP contribution in [0.1, 0.15) is 136 Å². The molecule has 0 amide bonds. The lowest BCUT2D eigenvalue weighted by Crippen LogP contribution is -2.18. The molecule has 26 heavy (non-hydrogen) atoms. The van der Waals surface area contributed by atoms with Gasteiger partial charge in [0.15, 0.2) is 0 Å². The molecule has 0 aliphatic heterocycles. The van der Waals surface area contributed by atoms with Gasteiger partial charge >= 0.3 is 5.97 Å². The summed E-state index contributed by atoms with van der Waals surface area (Å²) in [4.78, 5) is 12.1. The van der Waals surface area contributed by atoms with Crippen LogP contribution in [0.25, 0.3) is 0 Å². The topological polar surface area (TPSA) is 26.3 Å². The van der Waals surface area contributed by atoms with Gasteiger partial charge in [-0.1, -0.05) is 104 Å². The van der Waals surface area contributed by atoms with E-state index < -0.39 is 0 Å². The maximum absolute atomic E-state index is 12.1. The lowest BCUT2D eigenvalue weighted by molar-refractivity contribution is -0.150. The molecule has 0 rings (SSSR count). The van der Waals surface area contributed by atoms with Crippen LogP contribution in [0.3, 0.4) is 0 Å². The van der Waals surface area contributed by atoms with Gasteiger partial charge in [-0.05, 0) is 32.1 Å². The number of rotatable bonds is 20. The zero-order valence-corrected chi connectivity index (χ0v) is 18.0. The second-order valence-corrected chi connectivity index (χ2v) is 7.89. The van der Waals surface area contributed by atoms with Crippen molar-refractivity contribution in [1.82, 2.24) is 0 Å². The lowest BCUT2D eigenvalue weighted by Gasteiger charge is -2.18. The molecular weight excluding hydrogens is 320 g/mol. The predicted octanol–water partition coefficient (Wildman–Crippen LogP) is 8.18. The maximum atomic E-state index is 12.1. The van der Waals surface area contributed by atoms with E-state index in [-0.39, 0.29) is 12.1 Å². The molecule has 0 atom stereocenters. The van der Waals surface area contributed by atoms with E-state index >= 15 is 0 Å². The molecule has 0 aliphatic rings. The maximum Gasteiger partial charge on any atom is 0.306 e. The first-order valence-electron chi connectivity index (χ1n) is 11.7. The van der Waals surface area contributed by atoms with Crippen molar-refractivity contribution in [3.05, 3.63) is 6.92 Å². The van der Waals surface area contributed by atoms with Gasteiger partial charge in [0.2, 0.25) is 0 Å². The standard InChI is InChI=1S/C24H47O2/c1-4-7-10-13-15-17-20-23(21-18-16-14-11-8-5-2)26-24(25)22-19-12-9-6-3/h23H,3-22H2,1-2H3. The number of hydrogen-bond donors (Lipinski definition) is 0. The van der Waals surface area contributed by atoms with Crippen molar-refractivity contribution in [3.63, 3.8) is 0 Å². The molecule has 1 radical (unpaired) electrons. The summed E-state index contributed by atoms with van der Waals surface area (Å²) < 4.78 is 5.83. The Morgan fingerprint density at radius 2 is 1.15 bits per heavy atom. The number of ether oxygens (including phenoxy) is 1. The molecule has 0 unspecified atom stereocenters. The number of esters is 1. The molecule has 0 saturated heterocycles. The minimum atomic E-state index is 0.0241. The number of carbonyl (C=O) groups excluding carboxylic acids is 1. The van der Waals surface area contributed by atoms with E-state index in [1.54, 1.807) is 0 Å². The third-order valence-electron chi connectivity index (χ3n) is 5.19. The van der Waals surface area contributed by atoms with Gasteiger partial charge in [-0.25, -0.2) is 0 Å². The number of hydrogen-bond acceptors (Lipinski definition) is 2. The van der Waals surface area contributed by atoms with Crippen LogP contribution in [0.2, 0.25) is 0 Å². The summed E-state index contributed by atoms with van der Waals surface area (Å²) in [6, 6.07) is 0. The van der Waals surface area contributed by atoms with Gasteiger partial charge in [-0.3, -0.25) is 4.79 Å². The van der Waals surface area contributed by atoms with Crippen molar-refractivity contribution in [2.45, 2.75) is 142 Å². The largest absolute Gasteiger partial charge is 0.462 e. The molecule has 0 aromatic carbocycles. The van der Waals surface area contributed by atoms with Crippen LogP contribution in [0, 0.1) is 6.92 Å². The van der Waals surface area contributed by atoms with Gasteiger partial charge in [0.25, 0.3) is 0 Å². The van der Waals surface area contributed by atoms with Crippen molar-refractivity contribution in [3.8, 4) is 0 Å². The van der Waals surface area contributed by atoms with E-state index in [2.05, 4.69) is 20.8 Å². The van der Waals surface area contributed by atoms with Crippen molar-refractivity contribution < 1.29 is 9.53 Å². The minimum Gasteiger partial charge on any atom is -0.462 e. The van der Waals surface area contributed by atoms with E-state index in [4.69, 9.17) is 4.74 Å². The van der Waals surface area contributed by atoms with Gasteiger partial charge in [0.1, 0.15) is 6.10 Å². The first-order chi connectivity index (χ1) is 12.7. The molecule has 0 heterocycles. The molecule has 2 nitrogen and oxygen atoms in total. The Balaban J connectivity index is 3.99. The van der Waals surface area contributed by atoms with Gasteiger partial charge in [-0.2, -0.15) is 0 Å². The van der Waals surface area contributed by atoms with Gasteiger partial charge in [0, 0.05) is 6.42 Å². The smallest absolute Gasteiger partial charge is 0.306 e. The Morgan fingerprint density at radius 3 is 1.65 bits per heavy atom. The van der Waals surface area contributed by atoms with Crippen LogP contribution in [0.4, 0.5) is 0 Å². The summed E-state index contributed by atoms with van der Waals surface area (Å²) in [6.07, 6.45) is 22.6. The Labute approximate surface area is 164 Å². The fourth-order valence-corrected chi connectivity index (χ4v) is 3.43. The van der Waals surface area contributed by atoms with E-state index in [0.717, 1.165) is 38.5 Å². The first kappa shape index (κ1) is 25.5. The Morgan fingerprint density at radius 1 is 0.692 bits per heavy atom. The summed E-state index contributed by atoms with van der Waals surface area (Å²) in [5.74, 6) is 0.0241. The number of carbonyl (C=O) groups is 1. The van der Waals surface area contributed by atoms with Crippen molar-refractivity contribution in [2.24, 2.45) is 0 Å². The summed E-state index contributed by atoms with van der Waals surface area (Å²) in [6.45, 7) is 8.37. The molecule has 0 spiro atoms. The highest BCUT2D eigenvalue weighted by atomic mass is 16.5. The molecule has 0 saturated carbocycles. The second-order valence-electron chi connectivity index (χ2n) is 7.89. The highest BCUT2D eigenvalue weighted by Gasteiger charge is 2.14. The molecule has 2 heteroatoms. The van der Waals surface area contributed by atoms with Crippen LogP contribution in [0.15, 0.2) is 0 Å². The third-order valence-corrected chi connectivity index (χ3v) is 5.19. The Bertz CT molecular complexity index is 272. The highest BCUT2D eigenvalue weighted by molar-refractivity contribution is 5.69. The lowest BCUT2D eigenvalue weighted by atomic mass is 10.0. The summed E-state index contributed by atoms with van der Waals surface area (Å²) in [5, 5.41) is 0. The van der Waals surface area contributed by atoms with Crippen LogP contribution < -0.4 is 0 Å². The van der Waals surface area contributed by atoms with Crippen molar-refractivity contribution in [1.29, 1.82) is 0 Å². The SMILES string of the molecule is [CH2]CCCCCC(=O)OC(CCCCCCCC)CCCCCCCC. The molecule has 0 N–H and O–H groups in total. The normalized spacial score (nSPS) is 11.2.